The zero-order valence-electron chi connectivity index (χ0n) is 14.8. The molecule has 2 aliphatic rings. The molecule has 2 aliphatic heterocycles. The van der Waals surface area contributed by atoms with Crippen LogP contribution in [0.3, 0.4) is 0 Å². The molecule has 4 rings (SSSR count). The number of benzene rings is 1. The van der Waals surface area contributed by atoms with Crippen LogP contribution in [0.15, 0.2) is 24.4 Å². The molecule has 152 valence electrons. The largest absolute Gasteiger partial charge is 0.447 e. The normalized spacial score (nSPS) is 19.0. The van der Waals surface area contributed by atoms with Crippen molar-refractivity contribution in [2.24, 2.45) is 0 Å². The Balaban J connectivity index is 1.68. The van der Waals surface area contributed by atoms with Gasteiger partial charge in [0.15, 0.2) is 11.6 Å². The molecule has 2 fully saturated rings. The van der Waals surface area contributed by atoms with E-state index >= 15 is 0 Å². The minimum absolute atomic E-state index is 0.0565. The van der Waals surface area contributed by atoms with Crippen LogP contribution in [0.1, 0.15) is 0 Å². The third-order valence-corrected chi connectivity index (χ3v) is 4.58. The SMILES string of the molecule is O=C1OCCN1c1ccc(-c2c(F)cc(N3CC(CO)OC3=O)c(F)c2F)cn1. The molecule has 1 unspecified atom stereocenters. The van der Waals surface area contributed by atoms with Gasteiger partial charge in [0, 0.05) is 17.8 Å². The second-order valence-electron chi connectivity index (χ2n) is 6.35. The van der Waals surface area contributed by atoms with Gasteiger partial charge < -0.3 is 14.6 Å². The first-order valence-electron chi connectivity index (χ1n) is 8.58. The van der Waals surface area contributed by atoms with E-state index in [1.54, 1.807) is 0 Å². The fraction of sp³-hybridized carbons (Fsp3) is 0.278. The minimum atomic E-state index is -1.50. The predicted molar refractivity (Wildman–Crippen MR) is 92.9 cm³/mol. The summed E-state index contributed by atoms with van der Waals surface area (Å²) < 4.78 is 53.5. The van der Waals surface area contributed by atoms with Crippen molar-refractivity contribution in [1.29, 1.82) is 0 Å². The fourth-order valence-electron chi connectivity index (χ4n) is 3.15. The van der Waals surface area contributed by atoms with Gasteiger partial charge in [0.1, 0.15) is 24.3 Å². The Hall–Kier alpha value is -3.34. The highest BCUT2D eigenvalue weighted by molar-refractivity contribution is 5.91. The summed E-state index contributed by atoms with van der Waals surface area (Å²) in [7, 11) is 0. The molecule has 29 heavy (non-hydrogen) atoms. The van der Waals surface area contributed by atoms with Crippen molar-refractivity contribution in [3.05, 3.63) is 41.8 Å². The Labute approximate surface area is 162 Å². The van der Waals surface area contributed by atoms with Crippen LogP contribution in [0.5, 0.6) is 0 Å². The smallest absolute Gasteiger partial charge is 0.415 e. The number of aliphatic hydroxyl groups excluding tert-OH is 1. The van der Waals surface area contributed by atoms with Gasteiger partial charge >= 0.3 is 12.2 Å². The van der Waals surface area contributed by atoms with Crippen LogP contribution >= 0.6 is 0 Å². The number of aliphatic hydroxyl groups is 1. The molecule has 0 radical (unpaired) electrons. The van der Waals surface area contributed by atoms with E-state index in [0.29, 0.717) is 11.0 Å². The number of carbonyl (C=O) groups excluding carboxylic acids is 2. The first-order valence-corrected chi connectivity index (χ1v) is 8.58. The van der Waals surface area contributed by atoms with Gasteiger partial charge in [-0.1, -0.05) is 0 Å². The molecule has 2 aromatic rings. The van der Waals surface area contributed by atoms with Crippen molar-refractivity contribution in [3.8, 4) is 11.1 Å². The maximum absolute atomic E-state index is 14.7. The summed E-state index contributed by atoms with van der Waals surface area (Å²) in [5, 5.41) is 9.05. The van der Waals surface area contributed by atoms with Crippen molar-refractivity contribution in [1.82, 2.24) is 4.98 Å². The lowest BCUT2D eigenvalue weighted by Crippen LogP contribution is -2.27. The predicted octanol–water partition coefficient (Wildman–Crippen LogP) is 2.44. The van der Waals surface area contributed by atoms with E-state index in [4.69, 9.17) is 14.6 Å². The first kappa shape index (κ1) is 19.0. The number of carbonyl (C=O) groups is 2. The van der Waals surface area contributed by atoms with Crippen LogP contribution in [-0.4, -0.2) is 54.7 Å². The molecular weight excluding hydrogens is 395 g/mol. The van der Waals surface area contributed by atoms with Crippen molar-refractivity contribution in [2.45, 2.75) is 6.10 Å². The van der Waals surface area contributed by atoms with Gasteiger partial charge in [-0.05, 0) is 12.1 Å². The number of rotatable bonds is 4. The number of anilines is 2. The third kappa shape index (κ3) is 3.23. The molecule has 0 aliphatic carbocycles. The number of halogens is 3. The number of aromatic nitrogens is 1. The highest BCUT2D eigenvalue weighted by Crippen LogP contribution is 2.35. The first-order chi connectivity index (χ1) is 13.9. The van der Waals surface area contributed by atoms with E-state index in [1.807, 2.05) is 0 Å². The molecule has 1 aromatic heterocycles. The number of ether oxygens (including phenoxy) is 2. The van der Waals surface area contributed by atoms with E-state index in [-0.39, 0.29) is 31.1 Å². The second kappa shape index (κ2) is 7.24. The van der Waals surface area contributed by atoms with Crippen LogP contribution < -0.4 is 9.80 Å². The zero-order valence-corrected chi connectivity index (χ0v) is 14.8. The standard InChI is InChI=1S/C18H14F3N3O5/c19-11-5-12(24-7-10(8-25)29-18(24)27)15(20)16(21)14(11)9-1-2-13(22-6-9)23-3-4-28-17(23)26/h1-2,5-6,10,25H,3-4,7-8H2. The van der Waals surface area contributed by atoms with Crippen LogP contribution in [0.4, 0.5) is 34.3 Å². The summed E-state index contributed by atoms with van der Waals surface area (Å²) in [6.45, 7) is -0.256. The Morgan fingerprint density at radius 3 is 2.52 bits per heavy atom. The number of amides is 2. The van der Waals surface area contributed by atoms with Crippen molar-refractivity contribution in [3.63, 3.8) is 0 Å². The number of nitrogens with zero attached hydrogens (tertiary/aromatic N) is 3. The molecule has 1 N–H and O–H groups in total. The van der Waals surface area contributed by atoms with Crippen LogP contribution in [0.25, 0.3) is 11.1 Å². The molecule has 8 nitrogen and oxygen atoms in total. The molecule has 0 spiro atoms. The van der Waals surface area contributed by atoms with Gasteiger partial charge in [-0.15, -0.1) is 0 Å². The topological polar surface area (TPSA) is 92.2 Å². The second-order valence-corrected chi connectivity index (χ2v) is 6.35. The Morgan fingerprint density at radius 2 is 1.93 bits per heavy atom. The van der Waals surface area contributed by atoms with Crippen LogP contribution in [-0.2, 0) is 9.47 Å². The summed E-state index contributed by atoms with van der Waals surface area (Å²) in [6, 6.07) is 3.33. The van der Waals surface area contributed by atoms with Gasteiger partial charge in [-0.2, -0.15) is 0 Å². The molecular formula is C18H14F3N3O5. The highest BCUT2D eigenvalue weighted by atomic mass is 19.2. The molecule has 0 bridgehead atoms. The summed E-state index contributed by atoms with van der Waals surface area (Å²) in [5.41, 5.74) is -1.35. The minimum Gasteiger partial charge on any atom is -0.447 e. The highest BCUT2D eigenvalue weighted by Gasteiger charge is 2.35. The molecule has 3 heterocycles. The van der Waals surface area contributed by atoms with Gasteiger partial charge in [0.05, 0.1) is 30.9 Å². The average molecular weight is 409 g/mol. The van der Waals surface area contributed by atoms with Gasteiger partial charge in [-0.3, -0.25) is 9.80 Å². The molecule has 1 atom stereocenters. The van der Waals surface area contributed by atoms with E-state index < -0.39 is 53.6 Å². The van der Waals surface area contributed by atoms with Crippen LogP contribution in [0.2, 0.25) is 0 Å². The quantitative estimate of drug-likeness (QED) is 0.780. The molecule has 2 saturated heterocycles. The van der Waals surface area contributed by atoms with Gasteiger partial charge in [0.2, 0.25) is 0 Å². The molecule has 11 heteroatoms. The Bertz CT molecular complexity index is 986. The summed E-state index contributed by atoms with van der Waals surface area (Å²) in [4.78, 5) is 29.3. The summed E-state index contributed by atoms with van der Waals surface area (Å²) in [6.07, 6.45) is -1.41. The lowest BCUT2D eigenvalue weighted by molar-refractivity contribution is 0.0963. The Kier molecular flexibility index (Phi) is 4.74. The molecule has 2 amide bonds. The Morgan fingerprint density at radius 1 is 1.14 bits per heavy atom. The third-order valence-electron chi connectivity index (χ3n) is 4.58. The zero-order chi connectivity index (χ0) is 20.7. The number of pyridine rings is 1. The van der Waals surface area contributed by atoms with Crippen molar-refractivity contribution >= 4 is 23.7 Å². The molecule has 1 aromatic carbocycles. The van der Waals surface area contributed by atoms with Gasteiger partial charge in [0.25, 0.3) is 0 Å². The van der Waals surface area contributed by atoms with E-state index in [2.05, 4.69) is 4.98 Å². The van der Waals surface area contributed by atoms with Crippen molar-refractivity contribution in [2.75, 3.05) is 36.1 Å². The maximum Gasteiger partial charge on any atom is 0.415 e. The average Bonchev–Trinajstić information content (AvgIpc) is 3.30. The fourth-order valence-corrected chi connectivity index (χ4v) is 3.15. The van der Waals surface area contributed by atoms with E-state index in [1.165, 1.54) is 17.0 Å². The van der Waals surface area contributed by atoms with Crippen LogP contribution in [0, 0.1) is 17.5 Å². The van der Waals surface area contributed by atoms with Gasteiger partial charge in [-0.25, -0.2) is 27.7 Å². The number of hydrogen-bond acceptors (Lipinski definition) is 6. The summed E-state index contributed by atoms with van der Waals surface area (Å²) in [5.74, 6) is -3.84. The maximum atomic E-state index is 14.7. The number of cyclic esters (lactones) is 2. The summed E-state index contributed by atoms with van der Waals surface area (Å²) >= 11 is 0. The lowest BCUT2D eigenvalue weighted by atomic mass is 10.0. The van der Waals surface area contributed by atoms with E-state index in [9.17, 15) is 22.8 Å². The lowest BCUT2D eigenvalue weighted by Gasteiger charge is -2.17. The van der Waals surface area contributed by atoms with Crippen molar-refractivity contribution < 1.29 is 37.3 Å². The molecule has 0 saturated carbocycles. The number of hydrogen-bond donors (Lipinski definition) is 1. The van der Waals surface area contributed by atoms with E-state index in [0.717, 1.165) is 6.20 Å². The monoisotopic (exact) mass is 409 g/mol.